The molecule has 0 spiro atoms. The van der Waals surface area contributed by atoms with Crippen LogP contribution in [-0.4, -0.2) is 28.8 Å². The second-order valence-electron chi connectivity index (χ2n) is 7.16. The zero-order chi connectivity index (χ0) is 26.1. The molecule has 0 amide bonds. The predicted molar refractivity (Wildman–Crippen MR) is 137 cm³/mol. The highest BCUT2D eigenvalue weighted by atomic mass is 32.1. The quantitative estimate of drug-likeness (QED) is 0.149. The van der Waals surface area contributed by atoms with Crippen LogP contribution in [0.15, 0.2) is 72.8 Å². The van der Waals surface area contributed by atoms with Gasteiger partial charge in [0.25, 0.3) is 0 Å². The van der Waals surface area contributed by atoms with Crippen LogP contribution in [0.5, 0.6) is 23.0 Å². The van der Waals surface area contributed by atoms with E-state index in [0.717, 1.165) is 22.3 Å². The van der Waals surface area contributed by atoms with E-state index < -0.39 is 11.6 Å². The first-order valence-electron chi connectivity index (χ1n) is 9.83. The maximum absolute atomic E-state index is 9.48. The fourth-order valence-corrected chi connectivity index (χ4v) is 2.91. The first-order valence-corrected chi connectivity index (χ1v) is 10.5. The molecule has 0 radical (unpaired) electrons. The van der Waals surface area contributed by atoms with E-state index in [2.05, 4.69) is 0 Å². The van der Waals surface area contributed by atoms with Crippen molar-refractivity contribution in [3.8, 4) is 45.3 Å². The van der Waals surface area contributed by atoms with Gasteiger partial charge >= 0.3 is 11.6 Å². The molecule has 4 aromatic carbocycles. The third-order valence-corrected chi connectivity index (χ3v) is 4.78. The monoisotopic (exact) mass is 496 g/mol. The molecule has 0 saturated heterocycles. The van der Waals surface area contributed by atoms with Crippen LogP contribution in [0.4, 0.5) is 22.7 Å². The molecular formula is C24H24N4O6S. The summed E-state index contributed by atoms with van der Waals surface area (Å²) in [6.07, 6.45) is 0. The summed E-state index contributed by atoms with van der Waals surface area (Å²) >= 11 is -0.750. The number of phenols is 4. The number of nitrogen functional groups attached to an aromatic ring is 4. The lowest BCUT2D eigenvalue weighted by atomic mass is 10.0. The van der Waals surface area contributed by atoms with Gasteiger partial charge in [-0.25, -0.2) is 0 Å². The first-order chi connectivity index (χ1) is 16.6. The molecule has 0 unspecified atom stereocenters. The van der Waals surface area contributed by atoms with E-state index in [4.69, 9.17) is 31.4 Å². The van der Waals surface area contributed by atoms with Crippen molar-refractivity contribution < 1.29 is 28.8 Å². The lowest BCUT2D eigenvalue weighted by molar-refractivity contribution is 0.477. The topological polar surface area (TPSA) is 219 Å². The van der Waals surface area contributed by atoms with Crippen LogP contribution in [0.1, 0.15) is 0 Å². The van der Waals surface area contributed by atoms with Crippen LogP contribution < -0.4 is 22.9 Å². The molecule has 4 rings (SSSR count). The second-order valence-corrected chi connectivity index (χ2v) is 7.30. The maximum atomic E-state index is 9.48. The zero-order valence-corrected chi connectivity index (χ0v) is 19.1. The molecular weight excluding hydrogens is 472 g/mol. The number of hydrogen-bond donors (Lipinski definition) is 8. The van der Waals surface area contributed by atoms with Crippen molar-refractivity contribution in [3.05, 3.63) is 72.8 Å². The first kappa shape index (κ1) is 26.4. The molecule has 35 heavy (non-hydrogen) atoms. The van der Waals surface area contributed by atoms with Crippen molar-refractivity contribution in [2.75, 3.05) is 22.9 Å². The minimum Gasteiger partial charge on any atom is -0.506 e. The van der Waals surface area contributed by atoms with Crippen LogP contribution in [-0.2, 0) is 11.6 Å². The Morgan fingerprint density at radius 3 is 1.00 bits per heavy atom. The summed E-state index contributed by atoms with van der Waals surface area (Å²) in [5.41, 5.74) is 26.6. The van der Waals surface area contributed by atoms with Gasteiger partial charge in [-0.15, -0.1) is 0 Å². The van der Waals surface area contributed by atoms with Crippen LogP contribution in [0.3, 0.4) is 0 Å². The molecule has 0 aromatic heterocycles. The standard InChI is InChI=1S/2C12H12N2O2.O2S/c2*13-9-3-1-8(6-12(9)16)7-2-4-11(15)10(14)5-7;1-3-2/h2*1-6,15-16H,13-14H2;. The Kier molecular flexibility index (Phi) is 8.90. The summed E-state index contributed by atoms with van der Waals surface area (Å²) in [4.78, 5) is 0. The molecule has 182 valence electrons. The van der Waals surface area contributed by atoms with Gasteiger partial charge in [0.2, 0.25) is 0 Å². The molecule has 0 saturated carbocycles. The highest BCUT2D eigenvalue weighted by molar-refractivity contribution is 7.51. The Balaban J connectivity index is 0.000000222. The molecule has 0 aliphatic carbocycles. The van der Waals surface area contributed by atoms with E-state index in [9.17, 15) is 20.4 Å². The third-order valence-electron chi connectivity index (χ3n) is 4.78. The molecule has 0 aliphatic heterocycles. The highest BCUT2D eigenvalue weighted by Crippen LogP contribution is 2.32. The minimum atomic E-state index is -0.750. The smallest absolute Gasteiger partial charge is 0.335 e. The average molecular weight is 497 g/mol. The van der Waals surface area contributed by atoms with Crippen LogP contribution in [0, 0.1) is 0 Å². The van der Waals surface area contributed by atoms with E-state index in [1.54, 1.807) is 60.7 Å². The van der Waals surface area contributed by atoms with Crippen molar-refractivity contribution in [2.24, 2.45) is 0 Å². The lowest BCUT2D eigenvalue weighted by Crippen LogP contribution is -1.88. The van der Waals surface area contributed by atoms with E-state index >= 15 is 0 Å². The normalized spacial score (nSPS) is 9.71. The molecule has 12 N–H and O–H groups in total. The predicted octanol–water partition coefficient (Wildman–Crippen LogP) is 3.19. The Labute approximate surface area is 204 Å². The summed E-state index contributed by atoms with van der Waals surface area (Å²) < 4.78 is 16.6. The zero-order valence-electron chi connectivity index (χ0n) is 18.3. The van der Waals surface area contributed by atoms with Gasteiger partial charge in [0, 0.05) is 0 Å². The van der Waals surface area contributed by atoms with E-state index in [0.29, 0.717) is 22.7 Å². The van der Waals surface area contributed by atoms with E-state index in [-0.39, 0.29) is 23.0 Å². The SMILES string of the molecule is Nc1cc(-c2ccc(N)c(O)c2)ccc1O.Nc1cc(-c2ccc(N)c(O)c2)ccc1O.O=S=O. The minimum absolute atomic E-state index is 0.0316. The number of rotatable bonds is 2. The van der Waals surface area contributed by atoms with E-state index in [1.165, 1.54) is 12.1 Å². The summed E-state index contributed by atoms with van der Waals surface area (Å²) in [5, 5.41) is 37.5. The van der Waals surface area contributed by atoms with Gasteiger partial charge in [0.15, 0.2) is 0 Å². The second kappa shape index (κ2) is 11.8. The van der Waals surface area contributed by atoms with Gasteiger partial charge in [0.05, 0.1) is 22.7 Å². The van der Waals surface area contributed by atoms with Crippen LogP contribution in [0.25, 0.3) is 22.3 Å². The number of aromatic hydroxyl groups is 4. The molecule has 11 heteroatoms. The number of anilines is 4. The summed E-state index contributed by atoms with van der Waals surface area (Å²) in [7, 11) is 0. The largest absolute Gasteiger partial charge is 0.506 e. The highest BCUT2D eigenvalue weighted by Gasteiger charge is 2.05. The fraction of sp³-hybridized carbons (Fsp3) is 0. The van der Waals surface area contributed by atoms with Gasteiger partial charge in [-0.1, -0.05) is 24.3 Å². The molecule has 0 heterocycles. The molecule has 0 aliphatic rings. The summed E-state index contributed by atoms with van der Waals surface area (Å²) in [6.45, 7) is 0. The fourth-order valence-electron chi connectivity index (χ4n) is 2.91. The van der Waals surface area contributed by atoms with Gasteiger partial charge in [-0.3, -0.25) is 0 Å². The van der Waals surface area contributed by atoms with Gasteiger partial charge < -0.3 is 43.4 Å². The number of phenolic OH excluding ortho intramolecular Hbond substituents is 4. The Morgan fingerprint density at radius 2 is 0.714 bits per heavy atom. The van der Waals surface area contributed by atoms with Crippen molar-refractivity contribution in [2.45, 2.75) is 0 Å². The lowest BCUT2D eigenvalue weighted by Gasteiger charge is -2.06. The molecule has 0 fully saturated rings. The third kappa shape index (κ3) is 7.04. The number of nitrogens with two attached hydrogens (primary N) is 4. The summed E-state index contributed by atoms with van der Waals surface area (Å²) in [5.74, 6) is 0.153. The van der Waals surface area contributed by atoms with Crippen molar-refractivity contribution in [3.63, 3.8) is 0 Å². The Hall–Kier alpha value is -4.90. The molecule has 0 bridgehead atoms. The Morgan fingerprint density at radius 1 is 0.429 bits per heavy atom. The average Bonchev–Trinajstić information content (AvgIpc) is 2.82. The maximum Gasteiger partial charge on any atom is 0.335 e. The van der Waals surface area contributed by atoms with Crippen molar-refractivity contribution in [1.82, 2.24) is 0 Å². The molecule has 4 aromatic rings. The number of benzene rings is 4. The molecule has 0 atom stereocenters. The van der Waals surface area contributed by atoms with Gasteiger partial charge in [-0.05, 0) is 70.8 Å². The van der Waals surface area contributed by atoms with Crippen LogP contribution in [0.2, 0.25) is 0 Å². The molecule has 10 nitrogen and oxygen atoms in total. The Bertz CT molecular complexity index is 1180. The van der Waals surface area contributed by atoms with Gasteiger partial charge in [0.1, 0.15) is 23.0 Å². The van der Waals surface area contributed by atoms with Crippen molar-refractivity contribution >= 4 is 34.3 Å². The van der Waals surface area contributed by atoms with Crippen LogP contribution >= 0.6 is 0 Å². The van der Waals surface area contributed by atoms with Gasteiger partial charge in [-0.2, -0.15) is 8.42 Å². The van der Waals surface area contributed by atoms with E-state index in [1.807, 2.05) is 0 Å². The summed E-state index contributed by atoms with van der Waals surface area (Å²) in [6, 6.07) is 19.6. The number of hydrogen-bond acceptors (Lipinski definition) is 10. The van der Waals surface area contributed by atoms with Crippen molar-refractivity contribution in [1.29, 1.82) is 0 Å².